The maximum Gasteiger partial charge on any atom is 0.170 e. The van der Waals surface area contributed by atoms with Crippen LogP contribution in [0.2, 0.25) is 0 Å². The van der Waals surface area contributed by atoms with E-state index in [1.54, 1.807) is 24.3 Å². The van der Waals surface area contributed by atoms with Gasteiger partial charge in [0.2, 0.25) is 0 Å². The van der Waals surface area contributed by atoms with Crippen LogP contribution >= 0.6 is 12.2 Å². The van der Waals surface area contributed by atoms with Crippen LogP contribution in [0.4, 0.5) is 18.9 Å². The zero-order valence-corrected chi connectivity index (χ0v) is 13.8. The third kappa shape index (κ3) is 5.45. The highest BCUT2D eigenvalue weighted by Gasteiger charge is 2.13. The predicted molar refractivity (Wildman–Crippen MR) is 93.4 cm³/mol. The SMILES string of the molecule is N#Cc1cccc(NC(=S)NCC(N)Cc2cc(F)c(F)cc2F)c1. The quantitative estimate of drug-likeness (QED) is 0.562. The number of nitriles is 1. The highest BCUT2D eigenvalue weighted by atomic mass is 32.1. The van der Waals surface area contributed by atoms with Crippen molar-refractivity contribution in [2.75, 3.05) is 11.9 Å². The first-order valence-electron chi connectivity index (χ1n) is 7.33. The molecular weight excluding hydrogens is 349 g/mol. The molecule has 0 spiro atoms. The van der Waals surface area contributed by atoms with Crippen molar-refractivity contribution in [1.29, 1.82) is 5.26 Å². The van der Waals surface area contributed by atoms with Gasteiger partial charge in [0.05, 0.1) is 11.6 Å². The smallest absolute Gasteiger partial charge is 0.170 e. The van der Waals surface area contributed by atoms with Crippen LogP contribution in [-0.2, 0) is 6.42 Å². The van der Waals surface area contributed by atoms with Gasteiger partial charge in [0, 0.05) is 24.3 Å². The fourth-order valence-electron chi connectivity index (χ4n) is 2.14. The maximum absolute atomic E-state index is 13.6. The molecule has 1 atom stereocenters. The lowest BCUT2D eigenvalue weighted by Crippen LogP contribution is -2.40. The number of halogens is 3. The van der Waals surface area contributed by atoms with Crippen molar-refractivity contribution in [1.82, 2.24) is 5.32 Å². The standard InChI is InChI=1S/C17H15F3N4S/c18-14-7-16(20)15(19)6-11(14)5-12(22)9-23-17(25)24-13-3-1-2-10(4-13)8-21/h1-4,6-7,12H,5,9,22H2,(H2,23,24,25). The molecule has 0 aliphatic carbocycles. The van der Waals surface area contributed by atoms with E-state index < -0.39 is 23.5 Å². The molecular formula is C17H15F3N4S. The summed E-state index contributed by atoms with van der Waals surface area (Å²) in [5.74, 6) is -3.20. The van der Waals surface area contributed by atoms with Gasteiger partial charge in [-0.05, 0) is 48.5 Å². The van der Waals surface area contributed by atoms with Crippen LogP contribution in [-0.4, -0.2) is 17.7 Å². The average molecular weight is 364 g/mol. The van der Waals surface area contributed by atoms with E-state index in [2.05, 4.69) is 10.6 Å². The molecule has 0 heterocycles. The van der Waals surface area contributed by atoms with E-state index in [-0.39, 0.29) is 23.6 Å². The molecule has 0 saturated carbocycles. The van der Waals surface area contributed by atoms with Crippen LogP contribution in [0.15, 0.2) is 36.4 Å². The van der Waals surface area contributed by atoms with Gasteiger partial charge in [0.1, 0.15) is 5.82 Å². The molecule has 25 heavy (non-hydrogen) atoms. The number of nitrogens with two attached hydrogens (primary N) is 1. The Hall–Kier alpha value is -2.63. The molecule has 0 saturated heterocycles. The van der Waals surface area contributed by atoms with Gasteiger partial charge in [-0.3, -0.25) is 0 Å². The fourth-order valence-corrected chi connectivity index (χ4v) is 2.34. The highest BCUT2D eigenvalue weighted by molar-refractivity contribution is 7.80. The van der Waals surface area contributed by atoms with Crippen LogP contribution in [0, 0.1) is 28.8 Å². The molecule has 0 fully saturated rings. The molecule has 0 bridgehead atoms. The summed E-state index contributed by atoms with van der Waals surface area (Å²) in [5, 5.41) is 14.9. The van der Waals surface area contributed by atoms with Gasteiger partial charge in [-0.25, -0.2) is 13.2 Å². The largest absolute Gasteiger partial charge is 0.361 e. The predicted octanol–water partition coefficient (Wildman–Crippen LogP) is 2.83. The van der Waals surface area contributed by atoms with Gasteiger partial charge in [-0.1, -0.05) is 6.07 Å². The normalized spacial score (nSPS) is 11.5. The summed E-state index contributed by atoms with van der Waals surface area (Å²) in [7, 11) is 0. The first kappa shape index (κ1) is 18.7. The maximum atomic E-state index is 13.6. The van der Waals surface area contributed by atoms with Crippen molar-refractivity contribution in [3.63, 3.8) is 0 Å². The van der Waals surface area contributed by atoms with Crippen LogP contribution in [0.25, 0.3) is 0 Å². The molecule has 130 valence electrons. The van der Waals surface area contributed by atoms with Crippen LogP contribution < -0.4 is 16.4 Å². The molecule has 0 aliphatic heterocycles. The molecule has 8 heteroatoms. The van der Waals surface area contributed by atoms with Crippen molar-refractivity contribution in [3.8, 4) is 6.07 Å². The number of nitrogens with one attached hydrogen (secondary N) is 2. The first-order chi connectivity index (χ1) is 11.9. The van der Waals surface area contributed by atoms with E-state index >= 15 is 0 Å². The van der Waals surface area contributed by atoms with Crippen LogP contribution in [0.3, 0.4) is 0 Å². The van der Waals surface area contributed by atoms with E-state index in [0.29, 0.717) is 17.3 Å². The third-order valence-electron chi connectivity index (χ3n) is 3.35. The van der Waals surface area contributed by atoms with Gasteiger partial charge in [0.25, 0.3) is 0 Å². The van der Waals surface area contributed by atoms with Gasteiger partial charge in [0.15, 0.2) is 16.7 Å². The van der Waals surface area contributed by atoms with E-state index in [1.807, 2.05) is 6.07 Å². The van der Waals surface area contributed by atoms with E-state index in [1.165, 1.54) is 0 Å². The number of anilines is 1. The summed E-state index contributed by atoms with van der Waals surface area (Å²) in [4.78, 5) is 0. The molecule has 4 nitrogen and oxygen atoms in total. The zero-order chi connectivity index (χ0) is 18.4. The summed E-state index contributed by atoms with van der Waals surface area (Å²) < 4.78 is 39.7. The van der Waals surface area contributed by atoms with Crippen molar-refractivity contribution < 1.29 is 13.2 Å². The Morgan fingerprint density at radius 3 is 2.60 bits per heavy atom. The lowest BCUT2D eigenvalue weighted by atomic mass is 10.1. The Bertz CT molecular complexity index is 820. The lowest BCUT2D eigenvalue weighted by Gasteiger charge is -2.16. The summed E-state index contributed by atoms with van der Waals surface area (Å²) in [6.45, 7) is 0.197. The zero-order valence-electron chi connectivity index (χ0n) is 13.0. The first-order valence-corrected chi connectivity index (χ1v) is 7.74. The number of nitrogens with zero attached hydrogens (tertiary/aromatic N) is 1. The van der Waals surface area contributed by atoms with E-state index in [4.69, 9.17) is 23.2 Å². The van der Waals surface area contributed by atoms with Gasteiger partial charge >= 0.3 is 0 Å². The molecule has 0 radical (unpaired) electrons. The minimum absolute atomic E-state index is 0.00574. The molecule has 2 aromatic carbocycles. The Morgan fingerprint density at radius 2 is 1.88 bits per heavy atom. The van der Waals surface area contributed by atoms with Crippen molar-refractivity contribution in [2.24, 2.45) is 5.73 Å². The number of hydrogen-bond acceptors (Lipinski definition) is 3. The van der Waals surface area contributed by atoms with Crippen LogP contribution in [0.5, 0.6) is 0 Å². The molecule has 0 aliphatic rings. The summed E-state index contributed by atoms with van der Waals surface area (Å²) >= 11 is 5.12. The minimum Gasteiger partial charge on any atom is -0.361 e. The number of rotatable bonds is 5. The number of thiocarbonyl (C=S) groups is 1. The summed E-state index contributed by atoms with van der Waals surface area (Å²) in [6.07, 6.45) is 0.0164. The number of hydrogen-bond donors (Lipinski definition) is 3. The van der Waals surface area contributed by atoms with Crippen molar-refractivity contribution in [3.05, 3.63) is 65.0 Å². The topological polar surface area (TPSA) is 73.9 Å². The summed E-state index contributed by atoms with van der Waals surface area (Å²) in [6, 6.07) is 9.49. The molecule has 4 N–H and O–H groups in total. The van der Waals surface area contributed by atoms with Gasteiger partial charge in [-0.2, -0.15) is 5.26 Å². The second kappa shape index (κ2) is 8.46. The minimum atomic E-state index is -1.24. The monoisotopic (exact) mass is 364 g/mol. The highest BCUT2D eigenvalue weighted by Crippen LogP contribution is 2.15. The Balaban J connectivity index is 1.87. The van der Waals surface area contributed by atoms with Crippen molar-refractivity contribution >= 4 is 23.0 Å². The third-order valence-corrected chi connectivity index (χ3v) is 3.59. The Morgan fingerprint density at radius 1 is 1.16 bits per heavy atom. The van der Waals surface area contributed by atoms with Crippen LogP contribution in [0.1, 0.15) is 11.1 Å². The van der Waals surface area contributed by atoms with E-state index in [9.17, 15) is 13.2 Å². The lowest BCUT2D eigenvalue weighted by molar-refractivity contribution is 0.486. The van der Waals surface area contributed by atoms with E-state index in [0.717, 1.165) is 6.07 Å². The summed E-state index contributed by atoms with van der Waals surface area (Å²) in [5.41, 5.74) is 6.99. The van der Waals surface area contributed by atoms with Gasteiger partial charge < -0.3 is 16.4 Å². The second-order valence-electron chi connectivity index (χ2n) is 5.35. The molecule has 2 rings (SSSR count). The molecule has 0 amide bonds. The molecule has 2 aromatic rings. The number of benzene rings is 2. The molecule has 0 aromatic heterocycles. The van der Waals surface area contributed by atoms with Crippen molar-refractivity contribution in [2.45, 2.75) is 12.5 Å². The second-order valence-corrected chi connectivity index (χ2v) is 5.76. The Labute approximate surface area is 148 Å². The average Bonchev–Trinajstić information content (AvgIpc) is 2.58. The van der Waals surface area contributed by atoms with Gasteiger partial charge in [-0.15, -0.1) is 0 Å². The Kier molecular flexibility index (Phi) is 6.33. The molecule has 1 unspecified atom stereocenters. The fraction of sp³-hybridized carbons (Fsp3) is 0.176.